The Morgan fingerprint density at radius 3 is 2.55 bits per heavy atom. The lowest BCUT2D eigenvalue weighted by Gasteiger charge is -2.24. The van der Waals surface area contributed by atoms with E-state index in [1.54, 1.807) is 6.07 Å². The molecule has 2 aromatic carbocycles. The molecule has 0 saturated heterocycles. The van der Waals surface area contributed by atoms with Crippen molar-refractivity contribution in [3.05, 3.63) is 65.5 Å². The van der Waals surface area contributed by atoms with Crippen molar-refractivity contribution in [1.82, 2.24) is 0 Å². The molecule has 2 aromatic rings. The maximum Gasteiger partial charge on any atom is 0.126 e. The molecule has 4 heteroatoms. The van der Waals surface area contributed by atoms with Crippen LogP contribution < -0.4 is 10.6 Å². The van der Waals surface area contributed by atoms with Crippen molar-refractivity contribution >= 4 is 5.69 Å². The third kappa shape index (κ3) is 3.56. The lowest BCUT2D eigenvalue weighted by Crippen LogP contribution is -2.29. The maximum atomic E-state index is 13.5. The summed E-state index contributed by atoms with van der Waals surface area (Å²) in [6.07, 6.45) is 0. The minimum absolute atomic E-state index is 0.315. The molecule has 0 amide bonds. The van der Waals surface area contributed by atoms with Crippen LogP contribution in [-0.4, -0.2) is 13.1 Å². The van der Waals surface area contributed by atoms with E-state index in [-0.39, 0.29) is 0 Å². The summed E-state index contributed by atoms with van der Waals surface area (Å²) in [4.78, 5) is 1.97. The standard InChI is InChI=1S/C16H16FN3/c17-15-8-14(11-19)9-16(10-15)20(7-6-18)12-13-4-2-1-3-5-13/h1-5,8-10H,6-7,12,18H2. The van der Waals surface area contributed by atoms with Crippen LogP contribution in [0.5, 0.6) is 0 Å². The van der Waals surface area contributed by atoms with E-state index in [2.05, 4.69) is 0 Å². The second kappa shape index (κ2) is 6.69. The Labute approximate surface area is 118 Å². The van der Waals surface area contributed by atoms with Gasteiger partial charge in [-0.15, -0.1) is 0 Å². The molecule has 0 unspecified atom stereocenters. The van der Waals surface area contributed by atoms with Gasteiger partial charge in [0, 0.05) is 25.3 Å². The molecule has 0 aromatic heterocycles. The van der Waals surface area contributed by atoms with E-state index in [0.29, 0.717) is 30.9 Å². The molecular weight excluding hydrogens is 253 g/mol. The highest BCUT2D eigenvalue weighted by Crippen LogP contribution is 2.20. The Morgan fingerprint density at radius 1 is 1.15 bits per heavy atom. The molecule has 0 aliphatic heterocycles. The zero-order chi connectivity index (χ0) is 14.4. The van der Waals surface area contributed by atoms with Gasteiger partial charge < -0.3 is 10.6 Å². The number of nitriles is 1. The number of rotatable bonds is 5. The molecular formula is C16H16FN3. The molecule has 3 nitrogen and oxygen atoms in total. The van der Waals surface area contributed by atoms with Gasteiger partial charge in [-0.3, -0.25) is 0 Å². The van der Waals surface area contributed by atoms with Gasteiger partial charge in [-0.25, -0.2) is 4.39 Å². The topological polar surface area (TPSA) is 53.0 Å². The number of benzene rings is 2. The van der Waals surface area contributed by atoms with Gasteiger partial charge in [-0.05, 0) is 23.8 Å². The number of nitrogens with two attached hydrogens (primary N) is 1. The first-order valence-corrected chi connectivity index (χ1v) is 6.42. The van der Waals surface area contributed by atoms with Crippen molar-refractivity contribution in [1.29, 1.82) is 5.26 Å². The smallest absolute Gasteiger partial charge is 0.126 e. The summed E-state index contributed by atoms with van der Waals surface area (Å²) in [5.41, 5.74) is 7.73. The monoisotopic (exact) mass is 269 g/mol. The van der Waals surface area contributed by atoms with Crippen LogP contribution in [0.4, 0.5) is 10.1 Å². The predicted octanol–water partition coefficient (Wildman–Crippen LogP) is 2.66. The molecule has 0 saturated carbocycles. The highest BCUT2D eigenvalue weighted by atomic mass is 19.1. The predicted molar refractivity (Wildman–Crippen MR) is 77.7 cm³/mol. The van der Waals surface area contributed by atoms with Gasteiger partial charge in [0.15, 0.2) is 0 Å². The van der Waals surface area contributed by atoms with E-state index >= 15 is 0 Å². The van der Waals surface area contributed by atoms with Gasteiger partial charge in [0.05, 0.1) is 11.6 Å². The zero-order valence-corrected chi connectivity index (χ0v) is 11.1. The van der Waals surface area contributed by atoms with E-state index < -0.39 is 5.82 Å². The average molecular weight is 269 g/mol. The van der Waals surface area contributed by atoms with Crippen molar-refractivity contribution < 1.29 is 4.39 Å². The van der Waals surface area contributed by atoms with Crippen molar-refractivity contribution in [2.75, 3.05) is 18.0 Å². The number of nitrogens with zero attached hydrogens (tertiary/aromatic N) is 2. The van der Waals surface area contributed by atoms with Crippen LogP contribution in [0.25, 0.3) is 0 Å². The van der Waals surface area contributed by atoms with Crippen molar-refractivity contribution in [3.63, 3.8) is 0 Å². The van der Waals surface area contributed by atoms with Crippen molar-refractivity contribution in [3.8, 4) is 6.07 Å². The number of hydrogen-bond acceptors (Lipinski definition) is 3. The van der Waals surface area contributed by atoms with E-state index in [1.165, 1.54) is 12.1 Å². The Morgan fingerprint density at radius 2 is 1.90 bits per heavy atom. The van der Waals surface area contributed by atoms with Gasteiger partial charge in [0.25, 0.3) is 0 Å². The Bertz CT molecular complexity index is 605. The maximum absolute atomic E-state index is 13.5. The highest BCUT2D eigenvalue weighted by molar-refractivity contribution is 5.52. The number of halogens is 1. The lowest BCUT2D eigenvalue weighted by atomic mass is 10.1. The van der Waals surface area contributed by atoms with E-state index in [4.69, 9.17) is 11.0 Å². The summed E-state index contributed by atoms with van der Waals surface area (Å²) < 4.78 is 13.5. The molecule has 20 heavy (non-hydrogen) atoms. The van der Waals surface area contributed by atoms with Crippen LogP contribution in [0.2, 0.25) is 0 Å². The summed E-state index contributed by atoms with van der Waals surface area (Å²) in [5.74, 6) is -0.408. The number of anilines is 1. The van der Waals surface area contributed by atoms with Gasteiger partial charge in [0.2, 0.25) is 0 Å². The molecule has 0 bridgehead atoms. The van der Waals surface area contributed by atoms with E-state index in [0.717, 1.165) is 5.56 Å². The molecule has 0 fully saturated rings. The summed E-state index contributed by atoms with van der Waals surface area (Å²) >= 11 is 0. The van der Waals surface area contributed by atoms with Crippen LogP contribution in [-0.2, 0) is 6.54 Å². The molecule has 0 heterocycles. The van der Waals surface area contributed by atoms with Gasteiger partial charge in [0.1, 0.15) is 5.82 Å². The molecule has 0 radical (unpaired) electrons. The SMILES string of the molecule is N#Cc1cc(F)cc(N(CCN)Cc2ccccc2)c1. The van der Waals surface area contributed by atoms with Gasteiger partial charge in [-0.1, -0.05) is 30.3 Å². The average Bonchev–Trinajstić information content (AvgIpc) is 2.47. The third-order valence-corrected chi connectivity index (χ3v) is 2.99. The molecule has 0 atom stereocenters. The Balaban J connectivity index is 2.29. The van der Waals surface area contributed by atoms with Crippen LogP contribution in [0, 0.1) is 17.1 Å². The molecule has 102 valence electrons. The first kappa shape index (κ1) is 14.0. The van der Waals surface area contributed by atoms with Crippen LogP contribution in [0.15, 0.2) is 48.5 Å². The second-order valence-electron chi connectivity index (χ2n) is 4.51. The molecule has 0 aliphatic rings. The Hall–Kier alpha value is -2.38. The van der Waals surface area contributed by atoms with Crippen molar-refractivity contribution in [2.45, 2.75) is 6.54 Å². The minimum Gasteiger partial charge on any atom is -0.366 e. The van der Waals surface area contributed by atoms with E-state index in [1.807, 2.05) is 41.3 Å². The van der Waals surface area contributed by atoms with Gasteiger partial charge in [-0.2, -0.15) is 5.26 Å². The normalized spacial score (nSPS) is 10.1. The van der Waals surface area contributed by atoms with Crippen molar-refractivity contribution in [2.24, 2.45) is 5.73 Å². The lowest BCUT2D eigenvalue weighted by molar-refractivity contribution is 0.625. The first-order chi connectivity index (χ1) is 9.72. The number of hydrogen-bond donors (Lipinski definition) is 1. The molecule has 0 aliphatic carbocycles. The second-order valence-corrected chi connectivity index (χ2v) is 4.51. The van der Waals surface area contributed by atoms with E-state index in [9.17, 15) is 4.39 Å². The fourth-order valence-electron chi connectivity index (χ4n) is 2.08. The third-order valence-electron chi connectivity index (χ3n) is 2.99. The summed E-state index contributed by atoms with van der Waals surface area (Å²) in [6, 6.07) is 16.2. The molecule has 2 rings (SSSR count). The molecule has 0 spiro atoms. The van der Waals surface area contributed by atoms with Crippen LogP contribution in [0.3, 0.4) is 0 Å². The fourth-order valence-corrected chi connectivity index (χ4v) is 2.08. The minimum atomic E-state index is -0.408. The quantitative estimate of drug-likeness (QED) is 0.908. The summed E-state index contributed by atoms with van der Waals surface area (Å²) in [5, 5.41) is 8.93. The van der Waals surface area contributed by atoms with Crippen LogP contribution in [0.1, 0.15) is 11.1 Å². The van der Waals surface area contributed by atoms with Crippen LogP contribution >= 0.6 is 0 Å². The zero-order valence-electron chi connectivity index (χ0n) is 11.1. The Kier molecular flexibility index (Phi) is 4.70. The summed E-state index contributed by atoms with van der Waals surface area (Å²) in [6.45, 7) is 1.70. The summed E-state index contributed by atoms with van der Waals surface area (Å²) in [7, 11) is 0. The van der Waals surface area contributed by atoms with Gasteiger partial charge >= 0.3 is 0 Å². The molecule has 2 N–H and O–H groups in total. The first-order valence-electron chi connectivity index (χ1n) is 6.42. The largest absolute Gasteiger partial charge is 0.366 e. The highest BCUT2D eigenvalue weighted by Gasteiger charge is 2.09. The fraction of sp³-hybridized carbons (Fsp3) is 0.188.